The molecule has 16 heavy (non-hydrogen) atoms. The fourth-order valence-electron chi connectivity index (χ4n) is 3.61. The van der Waals surface area contributed by atoms with Crippen LogP contribution in [0.2, 0.25) is 0 Å². The second-order valence-electron chi connectivity index (χ2n) is 6.33. The highest BCUT2D eigenvalue weighted by atomic mass is 16.2. The van der Waals surface area contributed by atoms with Crippen molar-refractivity contribution in [3.8, 4) is 0 Å². The molecule has 1 aliphatic carbocycles. The van der Waals surface area contributed by atoms with Gasteiger partial charge < -0.3 is 10.2 Å². The average Bonchev–Trinajstić information content (AvgIpc) is 2.73. The first-order chi connectivity index (χ1) is 7.59. The predicted octanol–water partition coefficient (Wildman–Crippen LogP) is 1.24. The molecule has 0 radical (unpaired) electrons. The Morgan fingerprint density at radius 1 is 1.38 bits per heavy atom. The number of hydrogen-bond acceptors (Lipinski definition) is 2. The van der Waals surface area contributed by atoms with Crippen molar-refractivity contribution < 1.29 is 4.79 Å². The van der Waals surface area contributed by atoms with Crippen molar-refractivity contribution in [2.45, 2.75) is 39.2 Å². The molecule has 2 saturated heterocycles. The molecule has 0 spiro atoms. The highest BCUT2D eigenvalue weighted by Gasteiger charge is 2.62. The summed E-state index contributed by atoms with van der Waals surface area (Å²) in [4.78, 5) is 14.2. The summed E-state index contributed by atoms with van der Waals surface area (Å²) < 4.78 is 0. The number of nitrogens with one attached hydrogen (secondary N) is 1. The highest BCUT2D eigenvalue weighted by Crippen LogP contribution is 2.61. The number of hydrogen-bond donors (Lipinski definition) is 1. The minimum atomic E-state index is 0.377. The second-order valence-corrected chi connectivity index (χ2v) is 6.33. The summed E-state index contributed by atoms with van der Waals surface area (Å²) >= 11 is 0. The van der Waals surface area contributed by atoms with E-state index in [1.54, 1.807) is 0 Å². The zero-order chi connectivity index (χ0) is 11.3. The molecule has 3 atom stereocenters. The summed E-state index contributed by atoms with van der Waals surface area (Å²) in [5.41, 5.74) is 0.516. The van der Waals surface area contributed by atoms with E-state index in [0.717, 1.165) is 37.9 Å². The first kappa shape index (κ1) is 10.6. The molecule has 3 unspecified atom stereocenters. The van der Waals surface area contributed by atoms with Gasteiger partial charge in [-0.2, -0.15) is 0 Å². The Morgan fingerprint density at radius 3 is 2.62 bits per heavy atom. The van der Waals surface area contributed by atoms with Gasteiger partial charge in [0.2, 0.25) is 5.91 Å². The molecule has 0 aromatic heterocycles. The maximum atomic E-state index is 12.1. The molecule has 0 aromatic rings. The Bertz CT molecular complexity index is 293. The van der Waals surface area contributed by atoms with Crippen LogP contribution < -0.4 is 5.32 Å². The summed E-state index contributed by atoms with van der Waals surface area (Å²) in [7, 11) is 0. The number of likely N-dealkylation sites (tertiary alicyclic amines) is 1. The van der Waals surface area contributed by atoms with Crippen LogP contribution in [0, 0.1) is 17.3 Å². The van der Waals surface area contributed by atoms with Gasteiger partial charge in [0, 0.05) is 25.6 Å². The Hall–Kier alpha value is -0.570. The van der Waals surface area contributed by atoms with E-state index < -0.39 is 0 Å². The van der Waals surface area contributed by atoms with E-state index in [4.69, 9.17) is 0 Å². The molecule has 2 aliphatic heterocycles. The van der Waals surface area contributed by atoms with Gasteiger partial charge in [0.15, 0.2) is 0 Å². The lowest BCUT2D eigenvalue weighted by molar-refractivity contribution is -0.131. The minimum Gasteiger partial charge on any atom is -0.342 e. The van der Waals surface area contributed by atoms with Crippen LogP contribution in [0.5, 0.6) is 0 Å². The number of piperidine rings is 1. The van der Waals surface area contributed by atoms with Gasteiger partial charge in [-0.3, -0.25) is 4.79 Å². The molecule has 0 bridgehead atoms. The molecule has 3 heteroatoms. The third-order valence-corrected chi connectivity index (χ3v) is 5.06. The standard InChI is InChI=1S/C13H22N2O/c1-13(2)10-7-15(8-11(10)13)12(16)6-9-4-3-5-14-9/h9-11,14H,3-8H2,1-2H3. The molecule has 1 saturated carbocycles. The van der Waals surface area contributed by atoms with E-state index >= 15 is 0 Å². The molecule has 0 aromatic carbocycles. The van der Waals surface area contributed by atoms with Crippen LogP contribution in [-0.4, -0.2) is 36.5 Å². The van der Waals surface area contributed by atoms with Gasteiger partial charge in [-0.05, 0) is 36.6 Å². The normalized spacial score (nSPS) is 39.9. The molecule has 3 nitrogen and oxygen atoms in total. The maximum Gasteiger partial charge on any atom is 0.224 e. The van der Waals surface area contributed by atoms with Crippen molar-refractivity contribution in [3.63, 3.8) is 0 Å². The van der Waals surface area contributed by atoms with Crippen molar-refractivity contribution in [2.75, 3.05) is 19.6 Å². The second kappa shape index (κ2) is 3.46. The molecule has 2 heterocycles. The lowest BCUT2D eigenvalue weighted by atomic mass is 10.1. The van der Waals surface area contributed by atoms with Crippen LogP contribution in [0.15, 0.2) is 0 Å². The molecule has 3 fully saturated rings. The van der Waals surface area contributed by atoms with E-state index in [1.807, 2.05) is 0 Å². The number of carbonyl (C=O) groups is 1. The lowest BCUT2D eigenvalue weighted by Crippen LogP contribution is -2.36. The number of amides is 1. The Labute approximate surface area is 97.6 Å². The summed E-state index contributed by atoms with van der Waals surface area (Å²) in [6.45, 7) is 7.80. The topological polar surface area (TPSA) is 32.3 Å². The molecule has 3 aliphatic rings. The monoisotopic (exact) mass is 222 g/mol. The quantitative estimate of drug-likeness (QED) is 0.762. The Morgan fingerprint density at radius 2 is 2.06 bits per heavy atom. The fourth-order valence-corrected chi connectivity index (χ4v) is 3.61. The van der Waals surface area contributed by atoms with Gasteiger partial charge in [0.05, 0.1) is 0 Å². The van der Waals surface area contributed by atoms with Gasteiger partial charge in [-0.25, -0.2) is 0 Å². The molecule has 1 N–H and O–H groups in total. The number of nitrogens with zero attached hydrogens (tertiary/aromatic N) is 1. The van der Waals surface area contributed by atoms with Gasteiger partial charge in [0.1, 0.15) is 0 Å². The summed E-state index contributed by atoms with van der Waals surface area (Å²) in [5.74, 6) is 1.95. The van der Waals surface area contributed by atoms with Crippen LogP contribution in [0.4, 0.5) is 0 Å². The molecular formula is C13H22N2O. The molecule has 3 rings (SSSR count). The van der Waals surface area contributed by atoms with E-state index in [9.17, 15) is 4.79 Å². The number of carbonyl (C=O) groups excluding carboxylic acids is 1. The van der Waals surface area contributed by atoms with Crippen molar-refractivity contribution >= 4 is 5.91 Å². The molecular weight excluding hydrogens is 200 g/mol. The van der Waals surface area contributed by atoms with Crippen LogP contribution in [0.1, 0.15) is 33.1 Å². The zero-order valence-electron chi connectivity index (χ0n) is 10.3. The number of rotatable bonds is 2. The van der Waals surface area contributed by atoms with Gasteiger partial charge in [0.25, 0.3) is 0 Å². The molecule has 1 amide bonds. The van der Waals surface area contributed by atoms with E-state index in [2.05, 4.69) is 24.1 Å². The summed E-state index contributed by atoms with van der Waals surface area (Å²) in [5, 5.41) is 3.40. The summed E-state index contributed by atoms with van der Waals surface area (Å²) in [6, 6.07) is 0.456. The van der Waals surface area contributed by atoms with E-state index in [1.165, 1.54) is 12.8 Å². The smallest absolute Gasteiger partial charge is 0.224 e. The fraction of sp³-hybridized carbons (Fsp3) is 0.923. The van der Waals surface area contributed by atoms with Crippen LogP contribution in [0.3, 0.4) is 0 Å². The van der Waals surface area contributed by atoms with Crippen LogP contribution >= 0.6 is 0 Å². The van der Waals surface area contributed by atoms with Crippen molar-refractivity contribution in [3.05, 3.63) is 0 Å². The Kier molecular flexibility index (Phi) is 2.29. The largest absolute Gasteiger partial charge is 0.342 e. The van der Waals surface area contributed by atoms with E-state index in [0.29, 0.717) is 17.4 Å². The molecule has 90 valence electrons. The van der Waals surface area contributed by atoms with Crippen molar-refractivity contribution in [1.82, 2.24) is 10.2 Å². The van der Waals surface area contributed by atoms with Crippen molar-refractivity contribution in [1.29, 1.82) is 0 Å². The minimum absolute atomic E-state index is 0.377. The maximum absolute atomic E-state index is 12.1. The first-order valence-electron chi connectivity index (χ1n) is 6.60. The lowest BCUT2D eigenvalue weighted by Gasteiger charge is -2.23. The van der Waals surface area contributed by atoms with E-state index in [-0.39, 0.29) is 0 Å². The SMILES string of the molecule is CC1(C)C2CN(C(=O)CC3CCCN3)CC21. The van der Waals surface area contributed by atoms with Crippen molar-refractivity contribution in [2.24, 2.45) is 17.3 Å². The number of fused-ring (bicyclic) bond motifs is 1. The predicted molar refractivity (Wildman–Crippen MR) is 63.0 cm³/mol. The third-order valence-electron chi connectivity index (χ3n) is 5.06. The average molecular weight is 222 g/mol. The van der Waals surface area contributed by atoms with Gasteiger partial charge >= 0.3 is 0 Å². The third kappa shape index (κ3) is 1.56. The zero-order valence-corrected chi connectivity index (χ0v) is 10.3. The van der Waals surface area contributed by atoms with Gasteiger partial charge in [-0.1, -0.05) is 13.8 Å². The Balaban J connectivity index is 1.50. The van der Waals surface area contributed by atoms with Crippen LogP contribution in [-0.2, 0) is 4.79 Å². The first-order valence-corrected chi connectivity index (χ1v) is 6.60. The summed E-state index contributed by atoms with van der Waals surface area (Å²) in [6.07, 6.45) is 3.13. The van der Waals surface area contributed by atoms with Crippen LogP contribution in [0.25, 0.3) is 0 Å². The van der Waals surface area contributed by atoms with Gasteiger partial charge in [-0.15, -0.1) is 0 Å². The highest BCUT2D eigenvalue weighted by molar-refractivity contribution is 5.77.